The van der Waals surface area contributed by atoms with Crippen LogP contribution in [0.4, 0.5) is 5.69 Å². The van der Waals surface area contributed by atoms with Crippen molar-refractivity contribution in [1.29, 1.82) is 0 Å². The van der Waals surface area contributed by atoms with E-state index >= 15 is 0 Å². The molecule has 0 saturated carbocycles. The Morgan fingerprint density at radius 1 is 0.581 bits per heavy atom. The van der Waals surface area contributed by atoms with Gasteiger partial charge in [0.25, 0.3) is 11.7 Å². The fraction of sp³-hybridized carbons (Fsp3) is 0.714. The molecule has 0 saturated heterocycles. The lowest BCUT2D eigenvalue weighted by Gasteiger charge is -2.16. The van der Waals surface area contributed by atoms with Crippen molar-refractivity contribution < 1.29 is 9.59 Å². The minimum atomic E-state index is -0.354. The van der Waals surface area contributed by atoms with E-state index in [1.807, 2.05) is 18.2 Å². The van der Waals surface area contributed by atoms with Gasteiger partial charge >= 0.3 is 0 Å². The maximum Gasteiger partial charge on any atom is 0.299 e. The first-order valence-electron chi connectivity index (χ1n) is 13.2. The summed E-state index contributed by atoms with van der Waals surface area (Å²) >= 11 is 0. The molecule has 1 aromatic rings. The van der Waals surface area contributed by atoms with E-state index in [0.717, 1.165) is 18.5 Å². The largest absolute Gasteiger partial charge is 0.305 e. The molecule has 0 spiro atoms. The van der Waals surface area contributed by atoms with E-state index in [4.69, 9.17) is 0 Å². The minimum absolute atomic E-state index is 0.349. The zero-order valence-electron chi connectivity index (χ0n) is 20.0. The lowest BCUT2D eigenvalue weighted by molar-refractivity contribution is -0.114. The minimum Gasteiger partial charge on any atom is -0.305 e. The standard InChI is InChI=1S/C28H45NO2/c1-2-3-4-5-6-7-8-9-10-11-12-13-14-15-16-17-18-21-24-29-26-23-20-19-22-25(26)27(30)28(29)31/h19-20,22-23H,2-18,21,24H2,1H3. The van der Waals surface area contributed by atoms with E-state index in [0.29, 0.717) is 12.1 Å². The Labute approximate surface area is 191 Å². The monoisotopic (exact) mass is 427 g/mol. The maximum atomic E-state index is 12.2. The van der Waals surface area contributed by atoms with Crippen LogP contribution in [0.25, 0.3) is 0 Å². The van der Waals surface area contributed by atoms with Gasteiger partial charge < -0.3 is 4.90 Å². The van der Waals surface area contributed by atoms with Gasteiger partial charge in [-0.25, -0.2) is 0 Å². The van der Waals surface area contributed by atoms with Crippen molar-refractivity contribution in [3.63, 3.8) is 0 Å². The number of hydrogen-bond acceptors (Lipinski definition) is 2. The van der Waals surface area contributed by atoms with Gasteiger partial charge in [0, 0.05) is 6.54 Å². The van der Waals surface area contributed by atoms with Crippen molar-refractivity contribution in [3.8, 4) is 0 Å². The molecule has 31 heavy (non-hydrogen) atoms. The number of unbranched alkanes of at least 4 members (excludes halogenated alkanes) is 17. The number of nitrogens with zero attached hydrogens (tertiary/aromatic N) is 1. The first-order valence-corrected chi connectivity index (χ1v) is 13.2. The number of amides is 1. The second kappa shape index (κ2) is 16.1. The molecule has 1 amide bonds. The highest BCUT2D eigenvalue weighted by molar-refractivity contribution is 6.52. The summed E-state index contributed by atoms with van der Waals surface area (Å²) in [5.41, 5.74) is 1.36. The summed E-state index contributed by atoms with van der Waals surface area (Å²) in [6, 6.07) is 7.36. The van der Waals surface area contributed by atoms with Crippen molar-refractivity contribution in [2.75, 3.05) is 11.4 Å². The molecule has 0 N–H and O–H groups in total. The summed E-state index contributed by atoms with van der Waals surface area (Å²) in [7, 11) is 0. The fourth-order valence-corrected chi connectivity index (χ4v) is 4.64. The normalized spacial score (nSPS) is 13.3. The zero-order valence-corrected chi connectivity index (χ0v) is 20.0. The van der Waals surface area contributed by atoms with E-state index in [9.17, 15) is 9.59 Å². The molecular weight excluding hydrogens is 382 g/mol. The fourth-order valence-electron chi connectivity index (χ4n) is 4.64. The highest BCUT2D eigenvalue weighted by atomic mass is 16.2. The Morgan fingerprint density at radius 2 is 1.00 bits per heavy atom. The Hall–Kier alpha value is -1.64. The number of fused-ring (bicyclic) bond motifs is 1. The number of benzene rings is 1. The van der Waals surface area contributed by atoms with Crippen LogP contribution in [0.5, 0.6) is 0 Å². The first kappa shape index (κ1) is 25.6. The van der Waals surface area contributed by atoms with Gasteiger partial charge in [-0.1, -0.05) is 128 Å². The van der Waals surface area contributed by atoms with Crippen LogP contribution in [-0.4, -0.2) is 18.2 Å². The molecule has 0 aliphatic carbocycles. The number of carbonyl (C=O) groups excluding carboxylic acids is 2. The quantitative estimate of drug-likeness (QED) is 0.165. The van der Waals surface area contributed by atoms with Crippen LogP contribution in [0.15, 0.2) is 24.3 Å². The molecule has 0 radical (unpaired) electrons. The summed E-state index contributed by atoms with van der Waals surface area (Å²) in [6.07, 6.45) is 24.4. The second-order valence-electron chi connectivity index (χ2n) is 9.31. The van der Waals surface area contributed by atoms with Gasteiger partial charge in [-0.3, -0.25) is 9.59 Å². The predicted molar refractivity (Wildman–Crippen MR) is 132 cm³/mol. The summed E-state index contributed by atoms with van der Waals surface area (Å²) < 4.78 is 0. The van der Waals surface area contributed by atoms with Gasteiger partial charge in [0.2, 0.25) is 0 Å². The molecule has 1 aliphatic rings. The van der Waals surface area contributed by atoms with Crippen LogP contribution in [0.1, 0.15) is 133 Å². The summed E-state index contributed by atoms with van der Waals surface area (Å²) in [5, 5.41) is 0. The third-order valence-electron chi connectivity index (χ3n) is 6.61. The molecule has 0 atom stereocenters. The predicted octanol–water partition coefficient (Wildman–Crippen LogP) is 8.26. The third-order valence-corrected chi connectivity index (χ3v) is 6.61. The number of rotatable bonds is 19. The van der Waals surface area contributed by atoms with Crippen molar-refractivity contribution in [2.45, 2.75) is 122 Å². The summed E-state index contributed by atoms with van der Waals surface area (Å²) in [6.45, 7) is 2.95. The van der Waals surface area contributed by atoms with E-state index in [1.54, 1.807) is 11.0 Å². The molecule has 1 heterocycles. The van der Waals surface area contributed by atoms with E-state index in [2.05, 4.69) is 6.92 Å². The smallest absolute Gasteiger partial charge is 0.299 e. The average molecular weight is 428 g/mol. The number of para-hydroxylation sites is 1. The van der Waals surface area contributed by atoms with Crippen LogP contribution in [0.2, 0.25) is 0 Å². The molecule has 0 fully saturated rings. The molecule has 0 bridgehead atoms. The van der Waals surface area contributed by atoms with Crippen molar-refractivity contribution in [2.24, 2.45) is 0 Å². The van der Waals surface area contributed by atoms with Gasteiger partial charge in [-0.05, 0) is 18.6 Å². The van der Waals surface area contributed by atoms with Crippen LogP contribution in [-0.2, 0) is 4.79 Å². The lowest BCUT2D eigenvalue weighted by Crippen LogP contribution is -2.30. The molecule has 1 aromatic carbocycles. The van der Waals surface area contributed by atoms with Crippen molar-refractivity contribution >= 4 is 17.4 Å². The number of carbonyl (C=O) groups is 2. The number of hydrogen-bond donors (Lipinski definition) is 0. The Morgan fingerprint density at radius 3 is 1.48 bits per heavy atom. The first-order chi connectivity index (χ1) is 15.3. The van der Waals surface area contributed by atoms with E-state index in [1.165, 1.54) is 103 Å². The molecule has 0 unspecified atom stereocenters. The van der Waals surface area contributed by atoms with E-state index < -0.39 is 0 Å². The van der Waals surface area contributed by atoms with Gasteiger partial charge in [0.05, 0.1) is 11.3 Å². The Kier molecular flexibility index (Phi) is 13.3. The second-order valence-corrected chi connectivity index (χ2v) is 9.31. The topological polar surface area (TPSA) is 37.4 Å². The summed E-state index contributed by atoms with van der Waals surface area (Å²) in [5.74, 6) is -0.703. The molecule has 1 aliphatic heterocycles. The van der Waals surface area contributed by atoms with Gasteiger partial charge in [0.15, 0.2) is 0 Å². The highest BCUT2D eigenvalue weighted by Gasteiger charge is 2.34. The van der Waals surface area contributed by atoms with Crippen LogP contribution < -0.4 is 4.90 Å². The Balaban J connectivity index is 1.35. The molecule has 2 rings (SSSR count). The van der Waals surface area contributed by atoms with E-state index in [-0.39, 0.29) is 11.7 Å². The average Bonchev–Trinajstić information content (AvgIpc) is 3.03. The van der Waals surface area contributed by atoms with Crippen LogP contribution in [0.3, 0.4) is 0 Å². The van der Waals surface area contributed by atoms with Gasteiger partial charge in [0.1, 0.15) is 0 Å². The van der Waals surface area contributed by atoms with Crippen molar-refractivity contribution in [1.82, 2.24) is 0 Å². The van der Waals surface area contributed by atoms with Crippen LogP contribution in [0, 0.1) is 0 Å². The molecule has 3 nitrogen and oxygen atoms in total. The Bertz CT molecular complexity index is 640. The van der Waals surface area contributed by atoms with Gasteiger partial charge in [-0.15, -0.1) is 0 Å². The number of ketones is 1. The molecular formula is C28H45NO2. The molecule has 174 valence electrons. The molecule has 3 heteroatoms. The molecule has 0 aromatic heterocycles. The summed E-state index contributed by atoms with van der Waals surface area (Å²) in [4.78, 5) is 25.8. The van der Waals surface area contributed by atoms with Gasteiger partial charge in [-0.2, -0.15) is 0 Å². The SMILES string of the molecule is CCCCCCCCCCCCCCCCCCCCN1C(=O)C(=O)c2ccccc21. The third kappa shape index (κ3) is 9.58. The zero-order chi connectivity index (χ0) is 22.2. The lowest BCUT2D eigenvalue weighted by atomic mass is 10.0. The maximum absolute atomic E-state index is 12.2. The number of Topliss-reactive ketones (excluding diaryl/α,β-unsaturated/α-hetero) is 1. The highest BCUT2D eigenvalue weighted by Crippen LogP contribution is 2.28. The van der Waals surface area contributed by atoms with Crippen molar-refractivity contribution in [3.05, 3.63) is 29.8 Å². The van der Waals surface area contributed by atoms with Crippen LogP contribution >= 0.6 is 0 Å². The number of anilines is 1.